The molecule has 0 spiro atoms. The van der Waals surface area contributed by atoms with E-state index >= 15 is 0 Å². The van der Waals surface area contributed by atoms with E-state index in [9.17, 15) is 5.11 Å². The maximum Gasteiger partial charge on any atom is 0.120 e. The van der Waals surface area contributed by atoms with Gasteiger partial charge in [-0.2, -0.15) is 0 Å². The fourth-order valence-corrected chi connectivity index (χ4v) is 7.57. The zero-order chi connectivity index (χ0) is 24.8. The third-order valence-corrected chi connectivity index (χ3v) is 10.2. The van der Waals surface area contributed by atoms with Gasteiger partial charge < -0.3 is 9.84 Å². The van der Waals surface area contributed by atoms with Gasteiger partial charge in [0, 0.05) is 0 Å². The highest BCUT2D eigenvalue weighted by atomic mass is 16.5. The fraction of sp³-hybridized carbons (Fsp3) is 0.625. The van der Waals surface area contributed by atoms with Crippen molar-refractivity contribution in [2.75, 3.05) is 0 Å². The van der Waals surface area contributed by atoms with Crippen LogP contribution in [0.3, 0.4) is 0 Å². The van der Waals surface area contributed by atoms with E-state index in [4.69, 9.17) is 4.74 Å². The molecule has 5 unspecified atom stereocenters. The summed E-state index contributed by atoms with van der Waals surface area (Å²) < 4.78 is 6.37. The monoisotopic (exact) mass is 462 g/mol. The summed E-state index contributed by atoms with van der Waals surface area (Å²) in [4.78, 5) is 0. The van der Waals surface area contributed by atoms with Crippen LogP contribution >= 0.6 is 0 Å². The van der Waals surface area contributed by atoms with Gasteiger partial charge in [0.2, 0.25) is 0 Å². The minimum absolute atomic E-state index is 0.0911. The Labute approximate surface area is 208 Å². The Bertz CT molecular complexity index is 1020. The van der Waals surface area contributed by atoms with Gasteiger partial charge >= 0.3 is 0 Å². The van der Waals surface area contributed by atoms with E-state index in [1.807, 2.05) is 13.8 Å². The molecule has 2 saturated carbocycles. The van der Waals surface area contributed by atoms with E-state index in [1.54, 1.807) is 5.56 Å². The minimum atomic E-state index is -0.0911. The fourth-order valence-electron chi connectivity index (χ4n) is 7.57. The molecule has 5 atom stereocenters. The van der Waals surface area contributed by atoms with E-state index in [2.05, 4.69) is 59.7 Å². The van der Waals surface area contributed by atoms with Crippen molar-refractivity contribution in [3.63, 3.8) is 0 Å². The molecular formula is C32H46O2. The predicted octanol–water partition coefficient (Wildman–Crippen LogP) is 8.05. The molecule has 0 saturated heterocycles. The molecule has 0 heterocycles. The van der Waals surface area contributed by atoms with Crippen LogP contribution in [0.5, 0.6) is 5.75 Å². The van der Waals surface area contributed by atoms with Gasteiger partial charge in [0.15, 0.2) is 0 Å². The predicted molar refractivity (Wildman–Crippen MR) is 143 cm³/mol. The van der Waals surface area contributed by atoms with Crippen LogP contribution in [0.15, 0.2) is 18.2 Å². The number of rotatable bonds is 3. The summed E-state index contributed by atoms with van der Waals surface area (Å²) in [5, 5.41) is 10.6. The maximum absolute atomic E-state index is 10.6. The lowest BCUT2D eigenvalue weighted by Crippen LogP contribution is -2.43. The second kappa shape index (κ2) is 9.69. The lowest BCUT2D eigenvalue weighted by molar-refractivity contribution is -0.0226. The molecule has 186 valence electrons. The second-order valence-corrected chi connectivity index (χ2v) is 11.3. The Morgan fingerprint density at radius 2 is 1.53 bits per heavy atom. The molecule has 2 heteroatoms. The van der Waals surface area contributed by atoms with Crippen molar-refractivity contribution < 1.29 is 9.84 Å². The number of aliphatic hydroxyl groups is 1. The van der Waals surface area contributed by atoms with E-state index in [0.717, 1.165) is 24.5 Å². The summed E-state index contributed by atoms with van der Waals surface area (Å²) in [6.45, 7) is 18.2. The first-order valence-corrected chi connectivity index (χ1v) is 13.7. The van der Waals surface area contributed by atoms with Gasteiger partial charge in [0.05, 0.1) is 6.10 Å². The first kappa shape index (κ1) is 25.3. The van der Waals surface area contributed by atoms with Crippen molar-refractivity contribution >= 4 is 0 Å². The summed E-state index contributed by atoms with van der Waals surface area (Å²) in [5.41, 5.74) is 11.5. The quantitative estimate of drug-likeness (QED) is 0.500. The molecule has 0 bridgehead atoms. The van der Waals surface area contributed by atoms with Gasteiger partial charge in [-0.15, -0.1) is 0 Å². The number of hydrogen-bond acceptors (Lipinski definition) is 2. The molecule has 2 fully saturated rings. The molecule has 5 rings (SSSR count). The van der Waals surface area contributed by atoms with Gasteiger partial charge in [0.1, 0.15) is 12.4 Å². The number of hydrogen-bond donors (Lipinski definition) is 1. The Balaban J connectivity index is 0.00000133. The van der Waals surface area contributed by atoms with Gasteiger partial charge in [-0.1, -0.05) is 26.8 Å². The molecule has 2 aromatic rings. The van der Waals surface area contributed by atoms with Crippen molar-refractivity contribution in [3.05, 3.63) is 62.7 Å². The van der Waals surface area contributed by atoms with Crippen LogP contribution in [0.1, 0.15) is 103 Å². The van der Waals surface area contributed by atoms with Crippen LogP contribution in [0.2, 0.25) is 0 Å². The molecule has 2 aromatic carbocycles. The average Bonchev–Trinajstić information content (AvgIpc) is 3.16. The molecule has 0 aromatic heterocycles. The van der Waals surface area contributed by atoms with Crippen molar-refractivity contribution in [2.45, 2.75) is 113 Å². The lowest BCUT2D eigenvalue weighted by atomic mass is 9.55. The van der Waals surface area contributed by atoms with Gasteiger partial charge in [-0.05, 0) is 153 Å². The smallest absolute Gasteiger partial charge is 0.120 e. The summed E-state index contributed by atoms with van der Waals surface area (Å²) in [6, 6.07) is 6.89. The Morgan fingerprint density at radius 3 is 2.21 bits per heavy atom. The van der Waals surface area contributed by atoms with Crippen molar-refractivity contribution in [1.82, 2.24) is 0 Å². The number of aliphatic hydroxyl groups excluding tert-OH is 1. The second-order valence-electron chi connectivity index (χ2n) is 11.3. The highest BCUT2D eigenvalue weighted by Crippen LogP contribution is 2.60. The van der Waals surface area contributed by atoms with E-state index in [1.165, 1.54) is 64.6 Å². The molecule has 34 heavy (non-hydrogen) atoms. The molecule has 0 radical (unpaired) electrons. The average molecular weight is 463 g/mol. The van der Waals surface area contributed by atoms with Crippen LogP contribution in [0.25, 0.3) is 0 Å². The third kappa shape index (κ3) is 4.00. The van der Waals surface area contributed by atoms with Gasteiger partial charge in [-0.3, -0.25) is 0 Å². The maximum atomic E-state index is 10.6. The van der Waals surface area contributed by atoms with E-state index in [-0.39, 0.29) is 11.5 Å². The van der Waals surface area contributed by atoms with Crippen LogP contribution in [0, 0.1) is 51.9 Å². The zero-order valence-electron chi connectivity index (χ0n) is 22.8. The SMILES string of the molecule is CC.Cc1c(C)c(C)c(COc2ccc3c(c2)CCC2C3CCC3(C)C(O)CCC23)c(C)c1C. The van der Waals surface area contributed by atoms with Crippen LogP contribution in [-0.2, 0) is 13.0 Å². The first-order chi connectivity index (χ1) is 16.2. The molecule has 0 aliphatic heterocycles. The number of benzene rings is 2. The minimum Gasteiger partial charge on any atom is -0.489 e. The number of aryl methyl sites for hydroxylation is 1. The van der Waals surface area contributed by atoms with Crippen molar-refractivity contribution in [2.24, 2.45) is 17.3 Å². The van der Waals surface area contributed by atoms with Gasteiger partial charge in [0.25, 0.3) is 0 Å². The largest absolute Gasteiger partial charge is 0.489 e. The zero-order valence-corrected chi connectivity index (χ0v) is 22.8. The summed E-state index contributed by atoms with van der Waals surface area (Å²) in [7, 11) is 0. The molecule has 1 N–H and O–H groups in total. The Morgan fingerprint density at radius 1 is 0.882 bits per heavy atom. The van der Waals surface area contributed by atoms with Gasteiger partial charge in [-0.25, -0.2) is 0 Å². The first-order valence-electron chi connectivity index (χ1n) is 13.7. The Hall–Kier alpha value is -1.80. The molecular weight excluding hydrogens is 416 g/mol. The summed E-state index contributed by atoms with van der Waals surface area (Å²) >= 11 is 0. The standard InChI is InChI=1S/C30H40O2.C2H6/c1-17-18(2)20(4)27(21(5)19(17)3)16-32-23-8-10-24-22(15-23)7-9-26-25(24)13-14-30(6)28(26)11-12-29(30)31;1-2/h8,10,15,25-26,28-29,31H,7,9,11-14,16H2,1-6H3;1-2H3. The molecule has 3 aliphatic rings. The van der Waals surface area contributed by atoms with Crippen molar-refractivity contribution in [1.29, 1.82) is 0 Å². The summed E-state index contributed by atoms with van der Waals surface area (Å²) in [5.74, 6) is 3.12. The van der Waals surface area contributed by atoms with Crippen LogP contribution in [0.4, 0.5) is 0 Å². The molecule has 2 nitrogen and oxygen atoms in total. The Kier molecular flexibility index (Phi) is 7.21. The number of fused-ring (bicyclic) bond motifs is 5. The highest BCUT2D eigenvalue weighted by Gasteiger charge is 2.54. The van der Waals surface area contributed by atoms with Crippen LogP contribution in [-0.4, -0.2) is 11.2 Å². The van der Waals surface area contributed by atoms with E-state index in [0.29, 0.717) is 18.4 Å². The molecule has 0 amide bonds. The topological polar surface area (TPSA) is 29.5 Å². The number of ether oxygens (including phenoxy) is 1. The summed E-state index contributed by atoms with van der Waals surface area (Å²) in [6.07, 6.45) is 6.93. The van der Waals surface area contributed by atoms with Crippen LogP contribution < -0.4 is 4.74 Å². The van der Waals surface area contributed by atoms with Crippen molar-refractivity contribution in [3.8, 4) is 5.75 Å². The van der Waals surface area contributed by atoms with E-state index < -0.39 is 0 Å². The highest BCUT2D eigenvalue weighted by molar-refractivity contribution is 5.49. The third-order valence-electron chi connectivity index (χ3n) is 10.2. The lowest BCUT2D eigenvalue weighted by Gasteiger charge is -2.50. The molecule has 3 aliphatic carbocycles. The normalized spacial score (nSPS) is 29.4.